The van der Waals surface area contributed by atoms with Crippen molar-refractivity contribution >= 4 is 16.7 Å². The zero-order chi connectivity index (χ0) is 20.2. The molecule has 29 heavy (non-hydrogen) atoms. The second-order valence-electron chi connectivity index (χ2n) is 8.38. The third-order valence-electron chi connectivity index (χ3n) is 5.99. The lowest BCUT2D eigenvalue weighted by Gasteiger charge is -2.26. The summed E-state index contributed by atoms with van der Waals surface area (Å²) in [6.45, 7) is 8.91. The van der Waals surface area contributed by atoms with Gasteiger partial charge in [0.2, 0.25) is 5.78 Å². The number of fused-ring (bicyclic) bond motifs is 1. The van der Waals surface area contributed by atoms with Gasteiger partial charge < -0.3 is 9.47 Å². The molecule has 1 aromatic carbocycles. The van der Waals surface area contributed by atoms with Crippen LogP contribution in [0.5, 0.6) is 0 Å². The van der Waals surface area contributed by atoms with Gasteiger partial charge in [0.1, 0.15) is 5.69 Å². The normalized spacial score (nSPS) is 15.3. The maximum atomic E-state index is 13.4. The Hall–Kier alpha value is -2.46. The molecule has 0 atom stereocenters. The second-order valence-corrected chi connectivity index (χ2v) is 8.38. The zero-order valence-corrected chi connectivity index (χ0v) is 17.6. The fourth-order valence-electron chi connectivity index (χ4n) is 4.66. The number of carbonyl (C=O) groups excluding carboxylic acids is 1. The Bertz CT molecular complexity index is 968. The number of carbonyl (C=O) groups is 1. The van der Waals surface area contributed by atoms with Crippen LogP contribution < -0.4 is 0 Å². The molecule has 2 aromatic heterocycles. The van der Waals surface area contributed by atoms with Gasteiger partial charge in [0.25, 0.3) is 0 Å². The van der Waals surface area contributed by atoms with E-state index in [0.29, 0.717) is 5.69 Å². The standard InChI is InChI=1S/C25H31N3O/c1-19(2)24-23(25(29)21-12-6-7-14-26-21)20-11-4-5-13-22(20)28(24)18-10-17-27-15-8-3-9-16-27/h4-7,11-14,19H,3,8-10,15-18H2,1-2H3. The van der Waals surface area contributed by atoms with Gasteiger partial charge in [0.05, 0.1) is 5.56 Å². The number of benzene rings is 1. The van der Waals surface area contributed by atoms with Crippen LogP contribution in [0.2, 0.25) is 0 Å². The minimum absolute atomic E-state index is 0.0280. The number of para-hydroxylation sites is 1. The van der Waals surface area contributed by atoms with Gasteiger partial charge in [-0.3, -0.25) is 9.78 Å². The van der Waals surface area contributed by atoms with E-state index < -0.39 is 0 Å². The molecule has 0 aliphatic carbocycles. The van der Waals surface area contributed by atoms with Crippen LogP contribution in [-0.4, -0.2) is 39.9 Å². The summed E-state index contributed by atoms with van der Waals surface area (Å²) in [7, 11) is 0. The molecule has 0 saturated carbocycles. The number of piperidine rings is 1. The SMILES string of the molecule is CC(C)c1c(C(=O)c2ccccn2)c2ccccc2n1CCCN1CCCCC1. The van der Waals surface area contributed by atoms with E-state index >= 15 is 0 Å². The maximum Gasteiger partial charge on any atom is 0.213 e. The van der Waals surface area contributed by atoms with Crippen LogP contribution in [-0.2, 0) is 6.54 Å². The number of pyridine rings is 1. The number of hydrogen-bond acceptors (Lipinski definition) is 3. The van der Waals surface area contributed by atoms with Crippen molar-refractivity contribution in [3.05, 3.63) is 65.6 Å². The van der Waals surface area contributed by atoms with Gasteiger partial charge in [-0.1, -0.05) is 44.5 Å². The summed E-state index contributed by atoms with van der Waals surface area (Å²) in [6.07, 6.45) is 6.82. The molecule has 1 fully saturated rings. The van der Waals surface area contributed by atoms with Crippen molar-refractivity contribution in [2.75, 3.05) is 19.6 Å². The molecular formula is C25H31N3O. The number of likely N-dealkylation sites (tertiary alicyclic amines) is 1. The average Bonchev–Trinajstić information content (AvgIpc) is 3.09. The van der Waals surface area contributed by atoms with Gasteiger partial charge in [-0.2, -0.15) is 0 Å². The molecular weight excluding hydrogens is 358 g/mol. The molecule has 4 nitrogen and oxygen atoms in total. The first-order valence-electron chi connectivity index (χ1n) is 11.0. The van der Waals surface area contributed by atoms with Crippen LogP contribution in [0.15, 0.2) is 48.7 Å². The fourth-order valence-corrected chi connectivity index (χ4v) is 4.66. The van der Waals surface area contributed by atoms with Crippen molar-refractivity contribution in [2.24, 2.45) is 0 Å². The van der Waals surface area contributed by atoms with E-state index in [1.807, 2.05) is 24.3 Å². The molecule has 3 heterocycles. The molecule has 0 radical (unpaired) electrons. The zero-order valence-electron chi connectivity index (χ0n) is 17.6. The molecule has 152 valence electrons. The third kappa shape index (κ3) is 4.13. The lowest BCUT2D eigenvalue weighted by atomic mass is 9.98. The largest absolute Gasteiger partial charge is 0.344 e. The van der Waals surface area contributed by atoms with Crippen LogP contribution in [0, 0.1) is 0 Å². The van der Waals surface area contributed by atoms with Crippen LogP contribution >= 0.6 is 0 Å². The summed E-state index contributed by atoms with van der Waals surface area (Å²) in [4.78, 5) is 20.4. The van der Waals surface area contributed by atoms with E-state index in [2.05, 4.69) is 46.5 Å². The molecule has 0 spiro atoms. The van der Waals surface area contributed by atoms with Gasteiger partial charge in [-0.15, -0.1) is 0 Å². The molecule has 1 aliphatic heterocycles. The molecule has 1 saturated heterocycles. The molecule has 0 N–H and O–H groups in total. The van der Waals surface area contributed by atoms with Crippen molar-refractivity contribution in [1.29, 1.82) is 0 Å². The third-order valence-corrected chi connectivity index (χ3v) is 5.99. The quantitative estimate of drug-likeness (QED) is 0.517. The lowest BCUT2D eigenvalue weighted by Crippen LogP contribution is -2.31. The minimum atomic E-state index is 0.0280. The number of nitrogens with zero attached hydrogens (tertiary/aromatic N) is 3. The average molecular weight is 390 g/mol. The summed E-state index contributed by atoms with van der Waals surface area (Å²) < 4.78 is 2.39. The molecule has 4 heteroatoms. The molecule has 3 aromatic rings. The molecule has 0 bridgehead atoms. The number of ketones is 1. The van der Waals surface area contributed by atoms with Crippen LogP contribution in [0.25, 0.3) is 10.9 Å². The predicted molar refractivity (Wildman–Crippen MR) is 119 cm³/mol. The van der Waals surface area contributed by atoms with Crippen molar-refractivity contribution in [1.82, 2.24) is 14.5 Å². The Morgan fingerprint density at radius 3 is 2.48 bits per heavy atom. The van der Waals surface area contributed by atoms with Crippen LogP contribution in [0.1, 0.15) is 67.2 Å². The van der Waals surface area contributed by atoms with E-state index in [0.717, 1.165) is 41.7 Å². The maximum absolute atomic E-state index is 13.4. The molecule has 1 aliphatic rings. The summed E-state index contributed by atoms with van der Waals surface area (Å²) in [6, 6.07) is 13.9. The monoisotopic (exact) mass is 389 g/mol. The highest BCUT2D eigenvalue weighted by Gasteiger charge is 2.25. The van der Waals surface area contributed by atoms with Crippen LogP contribution in [0.4, 0.5) is 0 Å². The van der Waals surface area contributed by atoms with Gasteiger partial charge in [-0.05, 0) is 63.0 Å². The predicted octanol–water partition coefficient (Wildman–Crippen LogP) is 5.27. The second kappa shape index (κ2) is 8.91. The minimum Gasteiger partial charge on any atom is -0.344 e. The smallest absolute Gasteiger partial charge is 0.213 e. The van der Waals surface area contributed by atoms with Crippen molar-refractivity contribution < 1.29 is 4.79 Å². The molecule has 4 rings (SSSR count). The lowest BCUT2D eigenvalue weighted by molar-refractivity contribution is 0.103. The van der Waals surface area contributed by atoms with Crippen molar-refractivity contribution in [2.45, 2.75) is 52.0 Å². The Morgan fingerprint density at radius 2 is 1.76 bits per heavy atom. The van der Waals surface area contributed by atoms with Gasteiger partial charge in [-0.25, -0.2) is 0 Å². The number of rotatable bonds is 7. The Balaban J connectivity index is 1.70. The number of aryl methyl sites for hydroxylation is 1. The van der Waals surface area contributed by atoms with E-state index in [4.69, 9.17) is 0 Å². The first kappa shape index (κ1) is 19.8. The van der Waals surface area contributed by atoms with Crippen molar-refractivity contribution in [3.8, 4) is 0 Å². The highest BCUT2D eigenvalue weighted by atomic mass is 16.1. The van der Waals surface area contributed by atoms with Gasteiger partial charge >= 0.3 is 0 Å². The topological polar surface area (TPSA) is 38.1 Å². The van der Waals surface area contributed by atoms with E-state index in [1.54, 1.807) is 6.20 Å². The van der Waals surface area contributed by atoms with E-state index in [9.17, 15) is 4.79 Å². The Kier molecular flexibility index (Phi) is 6.10. The first-order valence-corrected chi connectivity index (χ1v) is 11.0. The summed E-state index contributed by atoms with van der Waals surface area (Å²) in [5.74, 6) is 0.292. The molecule has 0 unspecified atom stereocenters. The Morgan fingerprint density at radius 1 is 1.00 bits per heavy atom. The summed E-state index contributed by atoms with van der Waals surface area (Å²) >= 11 is 0. The first-order chi connectivity index (χ1) is 14.2. The van der Waals surface area contributed by atoms with E-state index in [-0.39, 0.29) is 11.7 Å². The van der Waals surface area contributed by atoms with Crippen molar-refractivity contribution in [3.63, 3.8) is 0 Å². The number of aromatic nitrogens is 2. The van der Waals surface area contributed by atoms with E-state index in [1.165, 1.54) is 32.4 Å². The fraction of sp³-hybridized carbons (Fsp3) is 0.440. The van der Waals surface area contributed by atoms with Gasteiger partial charge in [0.15, 0.2) is 0 Å². The highest BCUT2D eigenvalue weighted by molar-refractivity contribution is 6.16. The molecule has 0 amide bonds. The number of hydrogen-bond donors (Lipinski definition) is 0. The van der Waals surface area contributed by atoms with Gasteiger partial charge in [0, 0.05) is 29.3 Å². The summed E-state index contributed by atoms with van der Waals surface area (Å²) in [5, 5.41) is 1.05. The summed E-state index contributed by atoms with van der Waals surface area (Å²) in [5.41, 5.74) is 3.65. The highest BCUT2D eigenvalue weighted by Crippen LogP contribution is 2.33. The van der Waals surface area contributed by atoms with Crippen LogP contribution in [0.3, 0.4) is 0 Å². The Labute approximate surface area is 173 Å².